The number of fused-ring (bicyclic) bond motifs is 1. The number of hydrogen-bond donors (Lipinski definition) is 3. The molecule has 7 heteroatoms. The maximum absolute atomic E-state index is 12.4. The molecule has 0 radical (unpaired) electrons. The lowest BCUT2D eigenvalue weighted by molar-refractivity contribution is -0.150. The van der Waals surface area contributed by atoms with E-state index in [4.69, 9.17) is 5.26 Å². The number of imide groups is 1. The molecule has 25 heavy (non-hydrogen) atoms. The highest BCUT2D eigenvalue weighted by Gasteiger charge is 2.66. The summed E-state index contributed by atoms with van der Waals surface area (Å²) in [6.07, 6.45) is 0.233. The van der Waals surface area contributed by atoms with Crippen molar-refractivity contribution in [1.82, 2.24) is 10.6 Å². The maximum Gasteiger partial charge on any atom is 0.324 e. The number of carboxylic acid groups (broad SMARTS) is 1. The third kappa shape index (κ3) is 2.59. The zero-order chi connectivity index (χ0) is 18.4. The average Bonchev–Trinajstić information content (AvgIpc) is 3.05. The highest BCUT2D eigenvalue weighted by molar-refractivity contribution is 6.09. The molecule has 2 aliphatic heterocycles. The maximum atomic E-state index is 12.4. The first kappa shape index (κ1) is 17.1. The second kappa shape index (κ2) is 5.97. The van der Waals surface area contributed by atoms with Crippen molar-refractivity contribution in [3.8, 4) is 6.07 Å². The van der Waals surface area contributed by atoms with Gasteiger partial charge in [0.15, 0.2) is 0 Å². The largest absolute Gasteiger partial charge is 0.480 e. The van der Waals surface area contributed by atoms with Gasteiger partial charge in [-0.2, -0.15) is 5.26 Å². The molecule has 0 aliphatic carbocycles. The van der Waals surface area contributed by atoms with Crippen LogP contribution in [0.2, 0.25) is 0 Å². The molecule has 2 fully saturated rings. The number of nitriles is 1. The van der Waals surface area contributed by atoms with Gasteiger partial charge in [-0.05, 0) is 30.0 Å². The van der Waals surface area contributed by atoms with Crippen molar-refractivity contribution >= 4 is 17.8 Å². The fourth-order valence-electron chi connectivity index (χ4n) is 4.10. The van der Waals surface area contributed by atoms with Gasteiger partial charge in [0.1, 0.15) is 5.54 Å². The van der Waals surface area contributed by atoms with Gasteiger partial charge in [-0.25, -0.2) is 0 Å². The number of benzene rings is 1. The van der Waals surface area contributed by atoms with Crippen LogP contribution < -0.4 is 10.6 Å². The molecule has 1 aromatic rings. The van der Waals surface area contributed by atoms with E-state index in [2.05, 4.69) is 10.6 Å². The molecule has 2 saturated heterocycles. The summed E-state index contributed by atoms with van der Waals surface area (Å²) in [5, 5.41) is 24.2. The summed E-state index contributed by atoms with van der Waals surface area (Å²) in [5.74, 6) is -3.84. The molecule has 0 spiro atoms. The minimum atomic E-state index is -1.49. The summed E-state index contributed by atoms with van der Waals surface area (Å²) in [4.78, 5) is 36.9. The van der Waals surface area contributed by atoms with Gasteiger partial charge in [0, 0.05) is 6.04 Å². The normalized spacial score (nSPS) is 30.9. The van der Waals surface area contributed by atoms with E-state index in [1.807, 2.05) is 19.9 Å². The predicted octanol–water partition coefficient (Wildman–Crippen LogP) is 0.961. The lowest BCUT2D eigenvalue weighted by Gasteiger charge is -2.31. The molecule has 2 amide bonds. The van der Waals surface area contributed by atoms with E-state index in [1.165, 1.54) is 0 Å². The zero-order valence-corrected chi connectivity index (χ0v) is 13.9. The van der Waals surface area contributed by atoms with Gasteiger partial charge in [-0.15, -0.1) is 0 Å². The smallest absolute Gasteiger partial charge is 0.324 e. The highest BCUT2D eigenvalue weighted by Crippen LogP contribution is 2.48. The van der Waals surface area contributed by atoms with E-state index in [0.717, 1.165) is 0 Å². The predicted molar refractivity (Wildman–Crippen MR) is 87.0 cm³/mol. The molecule has 0 bridgehead atoms. The van der Waals surface area contributed by atoms with Crippen molar-refractivity contribution < 1.29 is 19.5 Å². The first-order chi connectivity index (χ1) is 11.8. The third-order valence-electron chi connectivity index (χ3n) is 5.00. The fourth-order valence-corrected chi connectivity index (χ4v) is 4.10. The molecule has 4 unspecified atom stereocenters. The molecule has 2 heterocycles. The number of carboxylic acids is 1. The van der Waals surface area contributed by atoms with Gasteiger partial charge in [0.25, 0.3) is 0 Å². The fraction of sp³-hybridized carbons (Fsp3) is 0.444. The molecular formula is C18H19N3O4. The van der Waals surface area contributed by atoms with E-state index in [9.17, 15) is 19.5 Å². The van der Waals surface area contributed by atoms with Crippen LogP contribution >= 0.6 is 0 Å². The topological polar surface area (TPSA) is 119 Å². The van der Waals surface area contributed by atoms with Crippen LogP contribution in [0.1, 0.15) is 37.4 Å². The summed E-state index contributed by atoms with van der Waals surface area (Å²) in [6.45, 7) is 3.76. The Kier molecular flexibility index (Phi) is 4.09. The number of carbonyl (C=O) groups excluding carboxylic acids is 2. The quantitative estimate of drug-likeness (QED) is 0.702. The van der Waals surface area contributed by atoms with Gasteiger partial charge >= 0.3 is 5.97 Å². The minimum absolute atomic E-state index is 0.0208. The number of hydrogen-bond acceptors (Lipinski definition) is 5. The standard InChI is InChI=1S/C18H19N3O4/c1-9(2)7-18(17(24)25)13-12(15(22)20-16(13)23)14(21-18)11-5-3-10(8-19)4-6-11/h3-6,9,12-14,21H,7H2,1-2H3,(H,24,25)(H,20,22,23). The third-order valence-corrected chi connectivity index (χ3v) is 5.00. The Hall–Kier alpha value is -2.72. The van der Waals surface area contributed by atoms with Gasteiger partial charge in [-0.3, -0.25) is 25.0 Å². The van der Waals surface area contributed by atoms with Gasteiger partial charge < -0.3 is 5.11 Å². The summed E-state index contributed by atoms with van der Waals surface area (Å²) >= 11 is 0. The van der Waals surface area contributed by atoms with Crippen LogP contribution in [0.15, 0.2) is 24.3 Å². The molecule has 2 aliphatic rings. The van der Waals surface area contributed by atoms with Crippen molar-refractivity contribution in [3.05, 3.63) is 35.4 Å². The summed E-state index contributed by atoms with van der Waals surface area (Å²) in [5.41, 5.74) is -0.337. The molecule has 1 aromatic carbocycles. The second-order valence-corrected chi connectivity index (χ2v) is 7.09. The van der Waals surface area contributed by atoms with Crippen molar-refractivity contribution in [1.29, 1.82) is 5.26 Å². The molecule has 3 N–H and O–H groups in total. The van der Waals surface area contributed by atoms with E-state index < -0.39 is 41.2 Å². The molecule has 0 aromatic heterocycles. The van der Waals surface area contributed by atoms with Crippen LogP contribution in [0, 0.1) is 29.1 Å². The Balaban J connectivity index is 2.08. The van der Waals surface area contributed by atoms with Gasteiger partial charge in [0.2, 0.25) is 11.8 Å². The lowest BCUT2D eigenvalue weighted by Crippen LogP contribution is -2.56. The van der Waals surface area contributed by atoms with E-state index in [1.54, 1.807) is 24.3 Å². The second-order valence-electron chi connectivity index (χ2n) is 7.09. The van der Waals surface area contributed by atoms with E-state index >= 15 is 0 Å². The van der Waals surface area contributed by atoms with Crippen molar-refractivity contribution in [2.75, 3.05) is 0 Å². The number of carbonyl (C=O) groups is 3. The monoisotopic (exact) mass is 341 g/mol. The summed E-state index contributed by atoms with van der Waals surface area (Å²) in [6, 6.07) is 8.03. The first-order valence-corrected chi connectivity index (χ1v) is 8.16. The number of nitrogens with zero attached hydrogens (tertiary/aromatic N) is 1. The number of amides is 2. The Labute approximate surface area is 145 Å². The summed E-state index contributed by atoms with van der Waals surface area (Å²) < 4.78 is 0. The van der Waals surface area contributed by atoms with Crippen LogP contribution in [0.25, 0.3) is 0 Å². The number of rotatable bonds is 4. The highest BCUT2D eigenvalue weighted by atomic mass is 16.4. The number of aliphatic carboxylic acids is 1. The minimum Gasteiger partial charge on any atom is -0.480 e. The SMILES string of the molecule is CC(C)CC1(C(=O)O)NC(c2ccc(C#N)cc2)C2C(=O)NC(=O)C21. The molecule has 130 valence electrons. The Morgan fingerprint density at radius 3 is 2.44 bits per heavy atom. The van der Waals surface area contributed by atoms with Crippen LogP contribution in [-0.4, -0.2) is 28.4 Å². The molecule has 3 rings (SSSR count). The number of nitrogens with one attached hydrogen (secondary N) is 2. The molecule has 0 saturated carbocycles. The Morgan fingerprint density at radius 2 is 1.92 bits per heavy atom. The summed E-state index contributed by atoms with van der Waals surface area (Å²) in [7, 11) is 0. The van der Waals surface area contributed by atoms with Crippen LogP contribution in [-0.2, 0) is 14.4 Å². The van der Waals surface area contributed by atoms with Crippen molar-refractivity contribution in [2.24, 2.45) is 17.8 Å². The van der Waals surface area contributed by atoms with E-state index in [-0.39, 0.29) is 12.3 Å². The Bertz CT molecular complexity index is 781. The molecule has 7 nitrogen and oxygen atoms in total. The van der Waals surface area contributed by atoms with E-state index in [0.29, 0.717) is 11.1 Å². The van der Waals surface area contributed by atoms with Crippen molar-refractivity contribution in [3.63, 3.8) is 0 Å². The van der Waals surface area contributed by atoms with Gasteiger partial charge in [0.05, 0.1) is 23.5 Å². The molecule has 4 atom stereocenters. The van der Waals surface area contributed by atoms with Gasteiger partial charge in [-0.1, -0.05) is 26.0 Å². The van der Waals surface area contributed by atoms with Crippen LogP contribution in [0.3, 0.4) is 0 Å². The van der Waals surface area contributed by atoms with Crippen molar-refractivity contribution in [2.45, 2.75) is 31.8 Å². The average molecular weight is 341 g/mol. The molecular weight excluding hydrogens is 322 g/mol. The van der Waals surface area contributed by atoms with Crippen LogP contribution in [0.5, 0.6) is 0 Å². The Morgan fingerprint density at radius 1 is 1.28 bits per heavy atom. The lowest BCUT2D eigenvalue weighted by atomic mass is 9.75. The zero-order valence-electron chi connectivity index (χ0n) is 13.9. The first-order valence-electron chi connectivity index (χ1n) is 8.16. The van der Waals surface area contributed by atoms with Crippen LogP contribution in [0.4, 0.5) is 0 Å².